The van der Waals surface area contributed by atoms with Gasteiger partial charge in [0.05, 0.1) is 18.3 Å². The molecule has 5 nitrogen and oxygen atoms in total. The van der Waals surface area contributed by atoms with Gasteiger partial charge in [0.2, 0.25) is 0 Å². The van der Waals surface area contributed by atoms with E-state index in [4.69, 9.17) is 0 Å². The first-order chi connectivity index (χ1) is 14.6. The van der Waals surface area contributed by atoms with Gasteiger partial charge < -0.3 is 4.90 Å². The first kappa shape index (κ1) is 20.4. The SMILES string of the molecule is CC(C)c1ccc(CN2CCN(C(=O)c3cnn(Cc4ccccc4)c3)CC2)cc1. The molecule has 2 aromatic carbocycles. The summed E-state index contributed by atoms with van der Waals surface area (Å²) in [6.07, 6.45) is 3.55. The Morgan fingerprint density at radius 2 is 1.57 bits per heavy atom. The van der Waals surface area contributed by atoms with E-state index in [0.717, 1.165) is 32.7 Å². The molecule has 0 bridgehead atoms. The fraction of sp³-hybridized carbons (Fsp3) is 0.360. The molecule has 0 spiro atoms. The van der Waals surface area contributed by atoms with Crippen LogP contribution in [0.15, 0.2) is 67.0 Å². The average Bonchev–Trinajstić information content (AvgIpc) is 3.23. The van der Waals surface area contributed by atoms with Gasteiger partial charge in [-0.05, 0) is 22.6 Å². The van der Waals surface area contributed by atoms with Crippen LogP contribution in [0.2, 0.25) is 0 Å². The molecule has 4 rings (SSSR count). The predicted octanol–water partition coefficient (Wildman–Crippen LogP) is 4.01. The lowest BCUT2D eigenvalue weighted by molar-refractivity contribution is 0.0628. The topological polar surface area (TPSA) is 41.4 Å². The van der Waals surface area contributed by atoms with Gasteiger partial charge in [-0.1, -0.05) is 68.4 Å². The molecule has 0 aliphatic carbocycles. The van der Waals surface area contributed by atoms with Crippen molar-refractivity contribution in [3.05, 3.63) is 89.2 Å². The van der Waals surface area contributed by atoms with Gasteiger partial charge in [0.15, 0.2) is 0 Å². The highest BCUT2D eigenvalue weighted by atomic mass is 16.2. The fourth-order valence-corrected chi connectivity index (χ4v) is 3.89. The summed E-state index contributed by atoms with van der Waals surface area (Å²) in [5, 5.41) is 4.38. The van der Waals surface area contributed by atoms with Crippen molar-refractivity contribution in [2.24, 2.45) is 0 Å². The molecule has 3 aromatic rings. The molecule has 0 atom stereocenters. The van der Waals surface area contributed by atoms with E-state index < -0.39 is 0 Å². The number of hydrogen-bond donors (Lipinski definition) is 0. The second-order valence-corrected chi connectivity index (χ2v) is 8.38. The Morgan fingerprint density at radius 1 is 0.900 bits per heavy atom. The molecule has 1 saturated heterocycles. The third-order valence-electron chi connectivity index (χ3n) is 5.78. The van der Waals surface area contributed by atoms with Gasteiger partial charge in [0, 0.05) is 38.9 Å². The van der Waals surface area contributed by atoms with Crippen LogP contribution in [-0.4, -0.2) is 51.7 Å². The predicted molar refractivity (Wildman–Crippen MR) is 119 cm³/mol. The summed E-state index contributed by atoms with van der Waals surface area (Å²) >= 11 is 0. The third-order valence-corrected chi connectivity index (χ3v) is 5.78. The zero-order valence-corrected chi connectivity index (χ0v) is 17.9. The van der Waals surface area contributed by atoms with Crippen molar-refractivity contribution in [2.75, 3.05) is 26.2 Å². The third kappa shape index (κ3) is 4.97. The van der Waals surface area contributed by atoms with Crippen molar-refractivity contribution in [3.63, 3.8) is 0 Å². The van der Waals surface area contributed by atoms with Crippen LogP contribution in [0.25, 0.3) is 0 Å². The van der Waals surface area contributed by atoms with E-state index in [-0.39, 0.29) is 5.91 Å². The summed E-state index contributed by atoms with van der Waals surface area (Å²) in [6.45, 7) is 9.37. The summed E-state index contributed by atoms with van der Waals surface area (Å²) < 4.78 is 1.83. The molecule has 0 saturated carbocycles. The molecule has 2 heterocycles. The lowest BCUT2D eigenvalue weighted by Crippen LogP contribution is -2.48. The molecule has 1 aromatic heterocycles. The second-order valence-electron chi connectivity index (χ2n) is 8.38. The van der Waals surface area contributed by atoms with E-state index in [1.807, 2.05) is 34.0 Å². The number of amides is 1. The van der Waals surface area contributed by atoms with Crippen molar-refractivity contribution in [3.8, 4) is 0 Å². The molecule has 5 heteroatoms. The van der Waals surface area contributed by atoms with Crippen LogP contribution in [0.3, 0.4) is 0 Å². The van der Waals surface area contributed by atoms with Crippen LogP contribution in [0.4, 0.5) is 0 Å². The van der Waals surface area contributed by atoms with Crippen molar-refractivity contribution in [1.29, 1.82) is 0 Å². The zero-order chi connectivity index (χ0) is 20.9. The lowest BCUT2D eigenvalue weighted by Gasteiger charge is -2.34. The van der Waals surface area contributed by atoms with Crippen molar-refractivity contribution >= 4 is 5.91 Å². The maximum Gasteiger partial charge on any atom is 0.257 e. The maximum atomic E-state index is 12.9. The van der Waals surface area contributed by atoms with Crippen LogP contribution < -0.4 is 0 Å². The Labute approximate surface area is 178 Å². The molecular weight excluding hydrogens is 372 g/mol. The average molecular weight is 403 g/mol. The van der Waals surface area contributed by atoms with E-state index in [1.54, 1.807) is 6.20 Å². The minimum absolute atomic E-state index is 0.0789. The molecule has 156 valence electrons. The quantitative estimate of drug-likeness (QED) is 0.626. The van der Waals surface area contributed by atoms with E-state index >= 15 is 0 Å². The highest BCUT2D eigenvalue weighted by Gasteiger charge is 2.23. The molecule has 1 aliphatic rings. The monoisotopic (exact) mass is 402 g/mol. The number of carbonyl (C=O) groups excluding carboxylic acids is 1. The molecule has 0 radical (unpaired) electrons. The number of carbonyl (C=O) groups is 1. The van der Waals surface area contributed by atoms with Crippen LogP contribution in [0.5, 0.6) is 0 Å². The van der Waals surface area contributed by atoms with E-state index in [9.17, 15) is 4.79 Å². The van der Waals surface area contributed by atoms with E-state index in [0.29, 0.717) is 18.0 Å². The first-order valence-electron chi connectivity index (χ1n) is 10.8. The minimum atomic E-state index is 0.0789. The molecule has 1 fully saturated rings. The Kier molecular flexibility index (Phi) is 6.29. The van der Waals surface area contributed by atoms with Crippen LogP contribution in [0.1, 0.15) is 46.8 Å². The Morgan fingerprint density at radius 3 is 2.23 bits per heavy atom. The van der Waals surface area contributed by atoms with E-state index in [2.05, 4.69) is 60.2 Å². The number of piperazine rings is 1. The maximum absolute atomic E-state index is 12.9. The van der Waals surface area contributed by atoms with Gasteiger partial charge in [0.25, 0.3) is 5.91 Å². The summed E-state index contributed by atoms with van der Waals surface area (Å²) in [5.41, 5.74) is 4.56. The van der Waals surface area contributed by atoms with Crippen LogP contribution in [0, 0.1) is 0 Å². The Hall–Kier alpha value is -2.92. The summed E-state index contributed by atoms with van der Waals surface area (Å²) in [5.74, 6) is 0.640. The molecular formula is C25H30N4O. The van der Waals surface area contributed by atoms with Crippen LogP contribution in [-0.2, 0) is 13.1 Å². The van der Waals surface area contributed by atoms with Crippen LogP contribution >= 0.6 is 0 Å². The van der Waals surface area contributed by atoms with Gasteiger partial charge in [-0.25, -0.2) is 0 Å². The molecule has 0 N–H and O–H groups in total. The number of rotatable bonds is 6. The summed E-state index contributed by atoms with van der Waals surface area (Å²) in [4.78, 5) is 17.3. The molecule has 1 aliphatic heterocycles. The number of aromatic nitrogens is 2. The van der Waals surface area contributed by atoms with Gasteiger partial charge in [-0.3, -0.25) is 14.4 Å². The van der Waals surface area contributed by atoms with Gasteiger partial charge >= 0.3 is 0 Å². The lowest BCUT2D eigenvalue weighted by atomic mass is 10.0. The number of benzene rings is 2. The minimum Gasteiger partial charge on any atom is -0.336 e. The highest BCUT2D eigenvalue weighted by Crippen LogP contribution is 2.17. The van der Waals surface area contributed by atoms with Gasteiger partial charge in [-0.15, -0.1) is 0 Å². The molecule has 1 amide bonds. The largest absolute Gasteiger partial charge is 0.336 e. The Bertz CT molecular complexity index is 954. The second kappa shape index (κ2) is 9.26. The molecule has 30 heavy (non-hydrogen) atoms. The Balaban J connectivity index is 1.29. The summed E-state index contributed by atoms with van der Waals surface area (Å²) in [6, 6.07) is 19.1. The summed E-state index contributed by atoms with van der Waals surface area (Å²) in [7, 11) is 0. The fourth-order valence-electron chi connectivity index (χ4n) is 3.89. The van der Waals surface area contributed by atoms with Gasteiger partial charge in [0.1, 0.15) is 0 Å². The smallest absolute Gasteiger partial charge is 0.257 e. The van der Waals surface area contributed by atoms with Crippen molar-refractivity contribution < 1.29 is 4.79 Å². The van der Waals surface area contributed by atoms with Crippen molar-refractivity contribution in [2.45, 2.75) is 32.9 Å². The highest BCUT2D eigenvalue weighted by molar-refractivity contribution is 5.93. The first-order valence-corrected chi connectivity index (χ1v) is 10.8. The van der Waals surface area contributed by atoms with E-state index in [1.165, 1.54) is 16.7 Å². The standard InChI is InChI=1S/C25H30N4O/c1-20(2)23-10-8-22(9-11-23)17-27-12-14-28(15-13-27)25(30)24-16-26-29(19-24)18-21-6-4-3-5-7-21/h3-11,16,19-20H,12-15,17-18H2,1-2H3. The molecule has 0 unspecified atom stereocenters. The number of nitrogens with zero attached hydrogens (tertiary/aromatic N) is 4. The normalized spacial score (nSPS) is 15.0. The zero-order valence-electron chi connectivity index (χ0n) is 17.9. The van der Waals surface area contributed by atoms with Crippen molar-refractivity contribution in [1.82, 2.24) is 19.6 Å². The number of hydrogen-bond acceptors (Lipinski definition) is 3. The van der Waals surface area contributed by atoms with Gasteiger partial charge in [-0.2, -0.15) is 5.10 Å².